The van der Waals surface area contributed by atoms with Gasteiger partial charge in [0.15, 0.2) is 0 Å². The van der Waals surface area contributed by atoms with Crippen LogP contribution in [-0.2, 0) is 10.5 Å². The first kappa shape index (κ1) is 19.2. The van der Waals surface area contributed by atoms with E-state index < -0.39 is 0 Å². The van der Waals surface area contributed by atoms with Crippen LogP contribution in [0.3, 0.4) is 0 Å². The van der Waals surface area contributed by atoms with E-state index in [4.69, 9.17) is 0 Å². The van der Waals surface area contributed by atoms with Crippen molar-refractivity contribution in [2.75, 3.05) is 12.8 Å². The van der Waals surface area contributed by atoms with Crippen molar-refractivity contribution in [3.05, 3.63) is 101 Å². The van der Waals surface area contributed by atoms with Crippen LogP contribution in [-0.4, -0.2) is 28.6 Å². The number of hydrogen-bond donors (Lipinski definition) is 0. The number of carbonyl (C=O) groups is 1. The van der Waals surface area contributed by atoms with Crippen molar-refractivity contribution < 1.29 is 4.79 Å². The lowest BCUT2D eigenvalue weighted by molar-refractivity contribution is -0.128. The van der Waals surface area contributed by atoms with Gasteiger partial charge in [-0.3, -0.25) is 9.78 Å². The van der Waals surface area contributed by atoms with E-state index in [2.05, 4.69) is 36.2 Å². The average Bonchev–Trinajstić information content (AvgIpc) is 2.71. The van der Waals surface area contributed by atoms with Gasteiger partial charge in [-0.25, -0.2) is 0 Å². The maximum Gasteiger partial charge on any atom is 0.233 e. The number of hydrogen-bond acceptors (Lipinski definition) is 3. The summed E-state index contributed by atoms with van der Waals surface area (Å²) in [5, 5.41) is 0. The minimum absolute atomic E-state index is 0.103. The lowest BCUT2D eigenvalue weighted by Gasteiger charge is -2.28. The quantitative estimate of drug-likeness (QED) is 0.590. The standard InChI is InChI=1S/C23H24N2OS/c1-18-11-13-19(14-12-18)16-27-17-22(26)25(2)23(20-8-4-3-5-9-20)21-10-6-7-15-24-21/h3-15,23H,16-17H2,1-2H3. The molecule has 0 aliphatic heterocycles. The maximum atomic E-state index is 12.9. The summed E-state index contributed by atoms with van der Waals surface area (Å²) in [6.07, 6.45) is 1.77. The Labute approximate surface area is 165 Å². The Hall–Kier alpha value is -2.59. The molecule has 1 atom stereocenters. The number of amides is 1. The van der Waals surface area contributed by atoms with Gasteiger partial charge in [-0.1, -0.05) is 66.2 Å². The molecule has 1 unspecified atom stereocenters. The van der Waals surface area contributed by atoms with Crippen molar-refractivity contribution in [1.82, 2.24) is 9.88 Å². The van der Waals surface area contributed by atoms with Crippen molar-refractivity contribution in [3.63, 3.8) is 0 Å². The monoisotopic (exact) mass is 376 g/mol. The van der Waals surface area contributed by atoms with E-state index in [1.165, 1.54) is 11.1 Å². The van der Waals surface area contributed by atoms with Crippen LogP contribution in [0.5, 0.6) is 0 Å². The fraction of sp³-hybridized carbons (Fsp3) is 0.217. The van der Waals surface area contributed by atoms with Crippen molar-refractivity contribution in [1.29, 1.82) is 0 Å². The zero-order valence-corrected chi connectivity index (χ0v) is 16.5. The Kier molecular flexibility index (Phi) is 6.66. The highest BCUT2D eigenvalue weighted by atomic mass is 32.2. The molecule has 0 spiro atoms. The molecule has 27 heavy (non-hydrogen) atoms. The van der Waals surface area contributed by atoms with E-state index in [0.717, 1.165) is 17.0 Å². The molecule has 0 fully saturated rings. The van der Waals surface area contributed by atoms with Gasteiger partial charge in [-0.05, 0) is 30.2 Å². The molecule has 3 nitrogen and oxygen atoms in total. The van der Waals surface area contributed by atoms with Crippen LogP contribution in [0.2, 0.25) is 0 Å². The highest BCUT2D eigenvalue weighted by Crippen LogP contribution is 2.27. The van der Waals surface area contributed by atoms with Crippen LogP contribution in [0.4, 0.5) is 0 Å². The third-order valence-corrected chi connectivity index (χ3v) is 5.47. The first-order valence-corrected chi connectivity index (χ1v) is 10.2. The van der Waals surface area contributed by atoms with Gasteiger partial charge in [-0.2, -0.15) is 0 Å². The molecule has 1 amide bonds. The van der Waals surface area contributed by atoms with Crippen LogP contribution >= 0.6 is 11.8 Å². The number of nitrogens with zero attached hydrogens (tertiary/aromatic N) is 2. The Morgan fingerprint density at radius 1 is 1.00 bits per heavy atom. The summed E-state index contributed by atoms with van der Waals surface area (Å²) < 4.78 is 0. The van der Waals surface area contributed by atoms with Gasteiger partial charge in [0.1, 0.15) is 0 Å². The Balaban J connectivity index is 1.69. The third kappa shape index (κ3) is 5.20. The normalized spacial score (nSPS) is 11.8. The highest BCUT2D eigenvalue weighted by Gasteiger charge is 2.24. The summed E-state index contributed by atoms with van der Waals surface area (Å²) in [5.41, 5.74) is 4.43. The molecule has 1 heterocycles. The molecule has 0 saturated heterocycles. The van der Waals surface area contributed by atoms with E-state index in [9.17, 15) is 4.79 Å². The lowest BCUT2D eigenvalue weighted by atomic mass is 10.0. The molecule has 3 rings (SSSR count). The van der Waals surface area contributed by atoms with Gasteiger partial charge >= 0.3 is 0 Å². The molecule has 4 heteroatoms. The smallest absolute Gasteiger partial charge is 0.233 e. The molecule has 0 aliphatic rings. The van der Waals surface area contributed by atoms with Crippen molar-refractivity contribution in [3.8, 4) is 0 Å². The van der Waals surface area contributed by atoms with Crippen molar-refractivity contribution >= 4 is 17.7 Å². The SMILES string of the molecule is Cc1ccc(CSCC(=O)N(C)C(c2ccccc2)c2ccccn2)cc1. The van der Waals surface area contributed by atoms with Crippen LogP contribution in [0.25, 0.3) is 0 Å². The summed E-state index contributed by atoms with van der Waals surface area (Å²) in [5.74, 6) is 1.38. The molecule has 138 valence electrons. The minimum Gasteiger partial charge on any atom is -0.332 e. The highest BCUT2D eigenvalue weighted by molar-refractivity contribution is 7.99. The molecule has 1 aromatic heterocycles. The number of thioether (sulfide) groups is 1. The van der Waals surface area contributed by atoms with Gasteiger partial charge < -0.3 is 4.90 Å². The first-order chi connectivity index (χ1) is 13.1. The second-order valence-electron chi connectivity index (χ2n) is 6.55. The fourth-order valence-electron chi connectivity index (χ4n) is 2.95. The largest absolute Gasteiger partial charge is 0.332 e. The van der Waals surface area contributed by atoms with Crippen molar-refractivity contribution in [2.24, 2.45) is 0 Å². The summed E-state index contributed by atoms with van der Waals surface area (Å²) in [6.45, 7) is 2.08. The Morgan fingerprint density at radius 2 is 1.70 bits per heavy atom. The predicted octanol–water partition coefficient (Wildman–Crippen LogP) is 4.87. The predicted molar refractivity (Wildman–Crippen MR) is 113 cm³/mol. The van der Waals surface area contributed by atoms with Crippen LogP contribution < -0.4 is 0 Å². The first-order valence-electron chi connectivity index (χ1n) is 9.00. The van der Waals surface area contributed by atoms with Crippen LogP contribution in [0, 0.1) is 6.92 Å². The van der Waals surface area contributed by atoms with Crippen LogP contribution in [0.1, 0.15) is 28.4 Å². The van der Waals surface area contributed by atoms with E-state index in [-0.39, 0.29) is 11.9 Å². The van der Waals surface area contributed by atoms with E-state index in [1.54, 1.807) is 22.9 Å². The molecule has 0 bridgehead atoms. The fourth-order valence-corrected chi connectivity index (χ4v) is 3.86. The zero-order valence-electron chi connectivity index (χ0n) is 15.7. The van der Waals surface area contributed by atoms with Gasteiger partial charge in [0.2, 0.25) is 5.91 Å². The molecular formula is C23H24N2OS. The zero-order chi connectivity index (χ0) is 19.1. The van der Waals surface area contributed by atoms with Gasteiger partial charge in [-0.15, -0.1) is 11.8 Å². The number of rotatable bonds is 7. The average molecular weight is 377 g/mol. The summed E-state index contributed by atoms with van der Waals surface area (Å²) in [6, 6.07) is 24.2. The maximum absolute atomic E-state index is 12.9. The number of aryl methyl sites for hydroxylation is 1. The second kappa shape index (κ2) is 9.38. The van der Waals surface area contributed by atoms with E-state index in [1.807, 2.05) is 55.6 Å². The molecule has 0 aliphatic carbocycles. The van der Waals surface area contributed by atoms with Crippen LogP contribution in [0.15, 0.2) is 79.0 Å². The summed E-state index contributed by atoms with van der Waals surface area (Å²) in [4.78, 5) is 19.2. The minimum atomic E-state index is -0.181. The Bertz CT molecular complexity index is 811. The van der Waals surface area contributed by atoms with Crippen molar-refractivity contribution in [2.45, 2.75) is 18.7 Å². The van der Waals surface area contributed by atoms with Gasteiger partial charge in [0, 0.05) is 19.0 Å². The third-order valence-electron chi connectivity index (χ3n) is 4.48. The van der Waals surface area contributed by atoms with Gasteiger partial charge in [0.25, 0.3) is 0 Å². The molecule has 0 radical (unpaired) electrons. The topological polar surface area (TPSA) is 33.2 Å². The number of aromatic nitrogens is 1. The van der Waals surface area contributed by atoms with Gasteiger partial charge in [0.05, 0.1) is 17.5 Å². The lowest BCUT2D eigenvalue weighted by Crippen LogP contribution is -2.33. The molecule has 0 N–H and O–H groups in total. The molecule has 2 aromatic carbocycles. The molecule has 3 aromatic rings. The summed E-state index contributed by atoms with van der Waals surface area (Å²) in [7, 11) is 1.86. The Morgan fingerprint density at radius 3 is 2.37 bits per heavy atom. The second-order valence-corrected chi connectivity index (χ2v) is 7.54. The van der Waals surface area contributed by atoms with E-state index >= 15 is 0 Å². The summed E-state index contributed by atoms with van der Waals surface area (Å²) >= 11 is 1.64. The molecular weight excluding hydrogens is 352 g/mol. The van der Waals surface area contributed by atoms with E-state index in [0.29, 0.717) is 5.75 Å². The molecule has 0 saturated carbocycles. The number of benzene rings is 2. The number of pyridine rings is 1. The number of carbonyl (C=O) groups excluding carboxylic acids is 1.